The molecule has 0 atom stereocenters. The van der Waals surface area contributed by atoms with Crippen LogP contribution in [0, 0.1) is 0 Å². The second-order valence-corrected chi connectivity index (χ2v) is 9.17. The standard InChI is InChI=1S/C20H21N3OS2/c24-19-12-14(21-20-23(19)16-7-2-4-9-18(16)26-20)13-22-10-5-11-25-17-8-3-1-6-15(17)22/h1,3,6,8,12H,2,4-5,7,9-11,13H2. The van der Waals surface area contributed by atoms with E-state index in [0.29, 0.717) is 6.54 Å². The van der Waals surface area contributed by atoms with E-state index in [-0.39, 0.29) is 5.56 Å². The highest BCUT2D eigenvalue weighted by molar-refractivity contribution is 7.99. The van der Waals surface area contributed by atoms with Gasteiger partial charge in [0.15, 0.2) is 4.96 Å². The van der Waals surface area contributed by atoms with Gasteiger partial charge in [-0.1, -0.05) is 12.1 Å². The minimum Gasteiger partial charge on any atom is -0.365 e. The number of thioether (sulfide) groups is 1. The number of thiazole rings is 1. The van der Waals surface area contributed by atoms with Crippen molar-refractivity contribution in [1.29, 1.82) is 0 Å². The fourth-order valence-electron chi connectivity index (χ4n) is 3.98. The summed E-state index contributed by atoms with van der Waals surface area (Å²) in [4.78, 5) is 23.6. The molecule has 0 radical (unpaired) electrons. The summed E-state index contributed by atoms with van der Waals surface area (Å²) in [5.41, 5.74) is 3.44. The molecule has 3 aromatic rings. The molecule has 0 fully saturated rings. The first-order valence-corrected chi connectivity index (χ1v) is 11.1. The maximum Gasteiger partial charge on any atom is 0.259 e. The second-order valence-electron chi connectivity index (χ2n) is 6.97. The predicted molar refractivity (Wildman–Crippen MR) is 109 cm³/mol. The predicted octanol–water partition coefficient (Wildman–Crippen LogP) is 4.14. The molecule has 0 bridgehead atoms. The molecule has 3 heterocycles. The Kier molecular flexibility index (Phi) is 4.25. The highest BCUT2D eigenvalue weighted by atomic mass is 32.2. The molecular formula is C20H21N3OS2. The topological polar surface area (TPSA) is 37.6 Å². The Labute approximate surface area is 160 Å². The molecule has 0 saturated carbocycles. The molecule has 134 valence electrons. The molecule has 6 heteroatoms. The molecule has 0 unspecified atom stereocenters. The summed E-state index contributed by atoms with van der Waals surface area (Å²) in [6, 6.07) is 10.3. The fraction of sp³-hybridized carbons (Fsp3) is 0.400. The highest BCUT2D eigenvalue weighted by Gasteiger charge is 2.20. The third-order valence-corrected chi connectivity index (χ3v) is 7.50. The monoisotopic (exact) mass is 383 g/mol. The van der Waals surface area contributed by atoms with Crippen LogP contribution in [0.3, 0.4) is 0 Å². The van der Waals surface area contributed by atoms with Crippen LogP contribution in [0.4, 0.5) is 5.69 Å². The average Bonchev–Trinajstić information content (AvgIpc) is 2.91. The van der Waals surface area contributed by atoms with Gasteiger partial charge in [-0.2, -0.15) is 0 Å². The maximum absolute atomic E-state index is 12.8. The number of para-hydroxylation sites is 1. The number of aryl methyl sites for hydroxylation is 2. The van der Waals surface area contributed by atoms with Gasteiger partial charge in [0.05, 0.1) is 17.9 Å². The Morgan fingerprint density at radius 2 is 2.00 bits per heavy atom. The summed E-state index contributed by atoms with van der Waals surface area (Å²) in [6.45, 7) is 1.71. The van der Waals surface area contributed by atoms with E-state index in [2.05, 4.69) is 29.2 Å². The van der Waals surface area contributed by atoms with Crippen molar-refractivity contribution in [3.05, 3.63) is 57.0 Å². The molecule has 0 spiro atoms. The van der Waals surface area contributed by atoms with Crippen LogP contribution in [0.15, 0.2) is 40.0 Å². The number of fused-ring (bicyclic) bond motifs is 4. The number of nitrogens with zero attached hydrogens (tertiary/aromatic N) is 3. The van der Waals surface area contributed by atoms with E-state index in [4.69, 9.17) is 4.98 Å². The van der Waals surface area contributed by atoms with Gasteiger partial charge in [0.25, 0.3) is 5.56 Å². The molecule has 26 heavy (non-hydrogen) atoms. The van der Waals surface area contributed by atoms with E-state index < -0.39 is 0 Å². The van der Waals surface area contributed by atoms with Crippen molar-refractivity contribution < 1.29 is 0 Å². The Bertz CT molecular complexity index is 1020. The molecule has 2 aromatic heterocycles. The zero-order valence-corrected chi connectivity index (χ0v) is 16.2. The zero-order valence-electron chi connectivity index (χ0n) is 14.6. The minimum absolute atomic E-state index is 0.0851. The van der Waals surface area contributed by atoms with E-state index in [1.807, 2.05) is 16.2 Å². The van der Waals surface area contributed by atoms with Crippen LogP contribution in [-0.2, 0) is 19.4 Å². The summed E-state index contributed by atoms with van der Waals surface area (Å²) < 4.78 is 1.86. The van der Waals surface area contributed by atoms with Crippen LogP contribution in [0.25, 0.3) is 4.96 Å². The first-order chi connectivity index (χ1) is 12.8. The Balaban J connectivity index is 1.53. The van der Waals surface area contributed by atoms with Crippen LogP contribution < -0.4 is 10.5 Å². The molecule has 0 N–H and O–H groups in total. The van der Waals surface area contributed by atoms with Gasteiger partial charge in [0.2, 0.25) is 0 Å². The van der Waals surface area contributed by atoms with E-state index in [1.54, 1.807) is 17.4 Å². The lowest BCUT2D eigenvalue weighted by molar-refractivity contribution is 0.669. The normalized spacial score (nSPS) is 17.0. The summed E-state index contributed by atoms with van der Waals surface area (Å²) in [5.74, 6) is 1.14. The minimum atomic E-state index is 0.0851. The molecule has 5 rings (SSSR count). The van der Waals surface area contributed by atoms with Crippen LogP contribution >= 0.6 is 23.1 Å². The Morgan fingerprint density at radius 1 is 1.12 bits per heavy atom. The van der Waals surface area contributed by atoms with Crippen LogP contribution in [-0.4, -0.2) is 21.7 Å². The van der Waals surface area contributed by atoms with Crippen molar-refractivity contribution in [3.63, 3.8) is 0 Å². The lowest BCUT2D eigenvalue weighted by Crippen LogP contribution is -2.26. The molecule has 4 nitrogen and oxygen atoms in total. The number of rotatable bonds is 2. The van der Waals surface area contributed by atoms with E-state index >= 15 is 0 Å². The van der Waals surface area contributed by atoms with Crippen molar-refractivity contribution >= 4 is 33.7 Å². The fourth-order valence-corrected chi connectivity index (χ4v) is 6.23. The summed E-state index contributed by atoms with van der Waals surface area (Å²) in [6.07, 6.45) is 5.65. The number of hydrogen-bond donors (Lipinski definition) is 0. The quantitative estimate of drug-likeness (QED) is 0.667. The van der Waals surface area contributed by atoms with Crippen molar-refractivity contribution in [3.8, 4) is 0 Å². The Morgan fingerprint density at radius 3 is 2.96 bits per heavy atom. The van der Waals surface area contributed by atoms with Gasteiger partial charge >= 0.3 is 0 Å². The molecule has 0 amide bonds. The molecule has 1 aliphatic carbocycles. The largest absolute Gasteiger partial charge is 0.365 e. The van der Waals surface area contributed by atoms with E-state index in [1.165, 1.54) is 34.0 Å². The Hall–Kier alpha value is -1.79. The van der Waals surface area contributed by atoms with Crippen molar-refractivity contribution in [2.75, 3.05) is 17.2 Å². The smallest absolute Gasteiger partial charge is 0.259 e. The van der Waals surface area contributed by atoms with Crippen LogP contribution in [0.1, 0.15) is 35.5 Å². The van der Waals surface area contributed by atoms with Gasteiger partial charge in [0.1, 0.15) is 0 Å². The number of hydrogen-bond acceptors (Lipinski definition) is 5. The maximum atomic E-state index is 12.8. The lowest BCUT2D eigenvalue weighted by Gasteiger charge is -2.24. The number of aromatic nitrogens is 2. The third kappa shape index (κ3) is 2.85. The van der Waals surface area contributed by atoms with Gasteiger partial charge in [-0.3, -0.25) is 9.20 Å². The van der Waals surface area contributed by atoms with Gasteiger partial charge in [-0.05, 0) is 50.0 Å². The molecule has 2 aliphatic rings. The van der Waals surface area contributed by atoms with Gasteiger partial charge in [-0.15, -0.1) is 23.1 Å². The van der Waals surface area contributed by atoms with Crippen molar-refractivity contribution in [2.45, 2.75) is 43.5 Å². The third-order valence-electron chi connectivity index (χ3n) is 5.20. The molecule has 1 aliphatic heterocycles. The van der Waals surface area contributed by atoms with Gasteiger partial charge in [0, 0.05) is 28.1 Å². The average molecular weight is 384 g/mol. The highest BCUT2D eigenvalue weighted by Crippen LogP contribution is 2.34. The number of benzene rings is 1. The van der Waals surface area contributed by atoms with E-state index in [9.17, 15) is 4.79 Å². The van der Waals surface area contributed by atoms with Gasteiger partial charge < -0.3 is 4.90 Å². The van der Waals surface area contributed by atoms with E-state index in [0.717, 1.165) is 42.2 Å². The summed E-state index contributed by atoms with van der Waals surface area (Å²) in [5, 5.41) is 0. The zero-order chi connectivity index (χ0) is 17.5. The molecule has 1 aromatic carbocycles. The lowest BCUT2D eigenvalue weighted by atomic mass is 10.0. The molecular weight excluding hydrogens is 362 g/mol. The van der Waals surface area contributed by atoms with Crippen LogP contribution in [0.2, 0.25) is 0 Å². The molecule has 0 saturated heterocycles. The number of anilines is 1. The summed E-state index contributed by atoms with van der Waals surface area (Å²) >= 11 is 3.63. The first-order valence-electron chi connectivity index (χ1n) is 9.29. The summed E-state index contributed by atoms with van der Waals surface area (Å²) in [7, 11) is 0. The van der Waals surface area contributed by atoms with Crippen molar-refractivity contribution in [2.24, 2.45) is 0 Å². The second kappa shape index (κ2) is 6.74. The van der Waals surface area contributed by atoms with Crippen LogP contribution in [0.5, 0.6) is 0 Å². The van der Waals surface area contributed by atoms with Gasteiger partial charge in [-0.25, -0.2) is 4.98 Å². The SMILES string of the molecule is O=c1cc(CN2CCCSc3ccccc32)nc2sc3c(n12)CCCC3. The first kappa shape index (κ1) is 16.4. The van der Waals surface area contributed by atoms with Crippen molar-refractivity contribution in [1.82, 2.24) is 9.38 Å².